The topological polar surface area (TPSA) is 74.8 Å². The average Bonchev–Trinajstić information content (AvgIpc) is 2.95. The summed E-state index contributed by atoms with van der Waals surface area (Å²) < 4.78 is 86.2. The maximum Gasteiger partial charge on any atom is 0.416 e. The first kappa shape index (κ1) is 33.8. The SMILES string of the molecule is Cc1ccccc1-c1cc(C2CNCCN2C(=O)OC(C)(C)C)ncc1C(=O)N(C)Cc1cc(C(F)(F)F)cc(C(F)(F)F)c1. The first-order chi connectivity index (χ1) is 20.8. The van der Waals surface area contributed by atoms with Gasteiger partial charge in [0.05, 0.1) is 28.4 Å². The molecule has 1 fully saturated rings. The number of hydrogen-bond donors (Lipinski definition) is 1. The van der Waals surface area contributed by atoms with Crippen LogP contribution < -0.4 is 5.32 Å². The highest BCUT2D eigenvalue weighted by molar-refractivity contribution is 6.01. The highest BCUT2D eigenvalue weighted by atomic mass is 19.4. The fourth-order valence-corrected chi connectivity index (χ4v) is 5.09. The van der Waals surface area contributed by atoms with Crippen LogP contribution >= 0.6 is 0 Å². The van der Waals surface area contributed by atoms with Crippen LogP contribution in [0.5, 0.6) is 0 Å². The number of benzene rings is 2. The van der Waals surface area contributed by atoms with Crippen molar-refractivity contribution in [2.75, 3.05) is 26.7 Å². The molecule has 1 aliphatic rings. The number of aromatic nitrogens is 1. The summed E-state index contributed by atoms with van der Waals surface area (Å²) in [5, 5.41) is 3.24. The van der Waals surface area contributed by atoms with Gasteiger partial charge < -0.3 is 15.0 Å². The summed E-state index contributed by atoms with van der Waals surface area (Å²) in [6, 6.07) is 9.61. The Morgan fingerprint density at radius 3 is 2.18 bits per heavy atom. The van der Waals surface area contributed by atoms with E-state index in [9.17, 15) is 35.9 Å². The molecule has 3 aromatic rings. The molecular weight excluding hydrogens is 602 g/mol. The minimum absolute atomic E-state index is 0.0466. The number of hydrogen-bond acceptors (Lipinski definition) is 5. The molecule has 1 aliphatic heterocycles. The van der Waals surface area contributed by atoms with E-state index in [2.05, 4.69) is 10.3 Å². The van der Waals surface area contributed by atoms with Crippen molar-refractivity contribution in [2.24, 2.45) is 0 Å². The van der Waals surface area contributed by atoms with Crippen LogP contribution in [-0.2, 0) is 23.6 Å². The van der Waals surface area contributed by atoms with E-state index in [0.29, 0.717) is 48.6 Å². The fourth-order valence-electron chi connectivity index (χ4n) is 5.09. The van der Waals surface area contributed by atoms with Crippen LogP contribution in [0.15, 0.2) is 54.7 Å². The third-order valence-electron chi connectivity index (χ3n) is 7.22. The van der Waals surface area contributed by atoms with Crippen molar-refractivity contribution in [1.82, 2.24) is 20.1 Å². The third-order valence-corrected chi connectivity index (χ3v) is 7.22. The van der Waals surface area contributed by atoms with Gasteiger partial charge >= 0.3 is 18.4 Å². The number of amides is 2. The molecule has 1 atom stereocenters. The van der Waals surface area contributed by atoms with Crippen molar-refractivity contribution >= 4 is 12.0 Å². The number of nitrogens with one attached hydrogen (secondary N) is 1. The first-order valence-electron chi connectivity index (χ1n) is 14.2. The van der Waals surface area contributed by atoms with Gasteiger partial charge in [-0.1, -0.05) is 24.3 Å². The smallest absolute Gasteiger partial charge is 0.416 e. The van der Waals surface area contributed by atoms with E-state index < -0.39 is 53.7 Å². The molecule has 1 aromatic heterocycles. The van der Waals surface area contributed by atoms with Crippen LogP contribution in [0.2, 0.25) is 0 Å². The summed E-state index contributed by atoms with van der Waals surface area (Å²) >= 11 is 0. The molecule has 45 heavy (non-hydrogen) atoms. The molecule has 4 rings (SSSR count). The number of pyridine rings is 1. The molecule has 0 bridgehead atoms. The van der Waals surface area contributed by atoms with Crippen LogP contribution in [0.25, 0.3) is 11.1 Å². The van der Waals surface area contributed by atoms with Crippen LogP contribution in [0.3, 0.4) is 0 Å². The lowest BCUT2D eigenvalue weighted by molar-refractivity contribution is -0.143. The van der Waals surface area contributed by atoms with E-state index in [1.54, 1.807) is 43.9 Å². The lowest BCUT2D eigenvalue weighted by Crippen LogP contribution is -2.50. The number of carbonyl (C=O) groups excluding carboxylic acids is 2. The van der Waals surface area contributed by atoms with Crippen LogP contribution in [-0.4, -0.2) is 59.1 Å². The van der Waals surface area contributed by atoms with Crippen molar-refractivity contribution < 1.29 is 40.7 Å². The number of ether oxygens (including phenoxy) is 1. The van der Waals surface area contributed by atoms with E-state index >= 15 is 0 Å². The van der Waals surface area contributed by atoms with E-state index in [4.69, 9.17) is 4.74 Å². The van der Waals surface area contributed by atoms with Gasteiger partial charge in [-0.15, -0.1) is 0 Å². The van der Waals surface area contributed by atoms with Gasteiger partial charge in [0.25, 0.3) is 5.91 Å². The Kier molecular flexibility index (Phi) is 9.53. The second-order valence-corrected chi connectivity index (χ2v) is 11.9. The number of piperazine rings is 1. The summed E-state index contributed by atoms with van der Waals surface area (Å²) in [5.74, 6) is -0.663. The molecule has 0 aliphatic carbocycles. The lowest BCUT2D eigenvalue weighted by atomic mass is 9.94. The van der Waals surface area contributed by atoms with Crippen molar-refractivity contribution in [1.29, 1.82) is 0 Å². The van der Waals surface area contributed by atoms with Crippen LogP contribution in [0, 0.1) is 6.92 Å². The molecule has 7 nitrogen and oxygen atoms in total. The average molecular weight is 637 g/mol. The van der Waals surface area contributed by atoms with Gasteiger partial charge in [-0.2, -0.15) is 26.3 Å². The highest BCUT2D eigenvalue weighted by Gasteiger charge is 2.37. The van der Waals surface area contributed by atoms with Gasteiger partial charge in [0, 0.05) is 39.4 Å². The predicted octanol–water partition coefficient (Wildman–Crippen LogP) is 7.25. The Hall–Kier alpha value is -4.13. The summed E-state index contributed by atoms with van der Waals surface area (Å²) in [6.07, 6.45) is -9.23. The van der Waals surface area contributed by atoms with E-state index in [1.165, 1.54) is 13.2 Å². The van der Waals surface area contributed by atoms with E-state index in [-0.39, 0.29) is 17.2 Å². The summed E-state index contributed by atoms with van der Waals surface area (Å²) in [6.45, 7) is 7.84. The monoisotopic (exact) mass is 636 g/mol. The number of alkyl halides is 6. The van der Waals surface area contributed by atoms with Gasteiger partial charge in [0.1, 0.15) is 5.60 Å². The predicted molar refractivity (Wildman–Crippen MR) is 155 cm³/mol. The fraction of sp³-hybridized carbons (Fsp3) is 0.406. The number of nitrogens with zero attached hydrogens (tertiary/aromatic N) is 3. The Morgan fingerprint density at radius 2 is 1.60 bits per heavy atom. The maximum atomic E-state index is 13.8. The van der Waals surface area contributed by atoms with Gasteiger partial charge in [-0.25, -0.2) is 4.79 Å². The maximum absolute atomic E-state index is 13.8. The zero-order valence-electron chi connectivity index (χ0n) is 25.4. The largest absolute Gasteiger partial charge is 0.444 e. The molecule has 1 saturated heterocycles. The zero-order valence-corrected chi connectivity index (χ0v) is 25.4. The number of aryl methyl sites for hydroxylation is 1. The molecule has 1 N–H and O–H groups in total. The Bertz CT molecular complexity index is 1530. The summed E-state index contributed by atoms with van der Waals surface area (Å²) in [5.41, 5.74) is -1.50. The number of carbonyl (C=O) groups is 2. The number of rotatable bonds is 5. The molecule has 13 heteroatoms. The molecule has 2 aromatic carbocycles. The van der Waals surface area contributed by atoms with Crippen LogP contribution in [0.1, 0.15) is 65.1 Å². The Morgan fingerprint density at radius 1 is 0.978 bits per heavy atom. The minimum atomic E-state index is -5.02. The standard InChI is InChI=1S/C32H34F6N4O3/c1-19-8-6-7-9-23(19)24-15-26(27-17-39-10-11-42(27)29(44)45-30(2,3)4)40-16-25(24)28(43)41(5)18-20-12-21(31(33,34)35)14-22(13-20)32(36,37)38/h6-9,12-16,27,39H,10-11,17-18H2,1-5H3. The van der Waals surface area contributed by atoms with Crippen molar-refractivity contribution in [3.05, 3.63) is 88.2 Å². The van der Waals surface area contributed by atoms with Crippen LogP contribution in [0.4, 0.5) is 31.1 Å². The Labute approximate surface area is 257 Å². The van der Waals surface area contributed by atoms with Crippen molar-refractivity contribution in [3.63, 3.8) is 0 Å². The second kappa shape index (κ2) is 12.7. The normalized spacial score (nSPS) is 16.0. The van der Waals surface area contributed by atoms with Gasteiger partial charge in [-0.05, 0) is 74.2 Å². The molecular formula is C32H34F6N4O3. The number of halogens is 6. The Balaban J connectivity index is 1.74. The van der Waals surface area contributed by atoms with Gasteiger partial charge in [-0.3, -0.25) is 14.7 Å². The van der Waals surface area contributed by atoms with Crippen molar-refractivity contribution in [3.8, 4) is 11.1 Å². The summed E-state index contributed by atoms with van der Waals surface area (Å²) in [4.78, 5) is 34.0. The van der Waals surface area contributed by atoms with Gasteiger partial charge in [0.15, 0.2) is 0 Å². The first-order valence-corrected chi connectivity index (χ1v) is 14.2. The van der Waals surface area contributed by atoms with Crippen molar-refractivity contribution in [2.45, 2.75) is 58.2 Å². The highest BCUT2D eigenvalue weighted by Crippen LogP contribution is 2.37. The molecule has 1 unspecified atom stereocenters. The molecule has 0 radical (unpaired) electrons. The molecule has 2 heterocycles. The molecule has 0 saturated carbocycles. The molecule has 2 amide bonds. The lowest BCUT2D eigenvalue weighted by Gasteiger charge is -2.37. The minimum Gasteiger partial charge on any atom is -0.444 e. The summed E-state index contributed by atoms with van der Waals surface area (Å²) in [7, 11) is 1.29. The quantitative estimate of drug-likeness (QED) is 0.299. The molecule has 0 spiro atoms. The zero-order chi connectivity index (χ0) is 33.3. The third kappa shape index (κ3) is 8.13. The van der Waals surface area contributed by atoms with E-state index in [1.807, 2.05) is 19.1 Å². The molecule has 242 valence electrons. The van der Waals surface area contributed by atoms with E-state index in [0.717, 1.165) is 10.5 Å². The second-order valence-electron chi connectivity index (χ2n) is 11.9. The van der Waals surface area contributed by atoms with Gasteiger partial charge in [0.2, 0.25) is 0 Å².